The molecule has 2 rings (SSSR count). The van der Waals surface area contributed by atoms with Crippen LogP contribution < -0.4 is 10.1 Å². The molecule has 0 saturated carbocycles. The first-order valence-electron chi connectivity index (χ1n) is 6.42. The van der Waals surface area contributed by atoms with Crippen LogP contribution in [0.4, 0.5) is 11.4 Å². The highest BCUT2D eigenvalue weighted by Crippen LogP contribution is 2.23. The van der Waals surface area contributed by atoms with Gasteiger partial charge in [0.2, 0.25) is 0 Å². The lowest BCUT2D eigenvalue weighted by Crippen LogP contribution is -2.20. The van der Waals surface area contributed by atoms with Crippen molar-refractivity contribution in [2.75, 3.05) is 11.9 Å². The Morgan fingerprint density at radius 2 is 2.04 bits per heavy atom. The number of nitro groups is 1. The monoisotopic (exact) mass is 334 g/mol. The maximum atomic E-state index is 11.8. The van der Waals surface area contributed by atoms with E-state index >= 15 is 0 Å². The molecular weight excluding hydrogens is 324 g/mol. The molecule has 1 N–H and O–H groups in total. The minimum absolute atomic E-state index is 0.00950. The van der Waals surface area contributed by atoms with Crippen LogP contribution >= 0.6 is 11.6 Å². The lowest BCUT2D eigenvalue weighted by atomic mass is 10.2. The van der Waals surface area contributed by atoms with Gasteiger partial charge in [0, 0.05) is 12.1 Å². The van der Waals surface area contributed by atoms with Gasteiger partial charge in [-0.15, -0.1) is 0 Å². The molecule has 2 aromatic rings. The van der Waals surface area contributed by atoms with Crippen LogP contribution in [0.2, 0.25) is 5.02 Å². The summed E-state index contributed by atoms with van der Waals surface area (Å²) in [5, 5.41) is 13.6. The largest absolute Gasteiger partial charge is 0.483 e. The third-order valence-corrected chi connectivity index (χ3v) is 3.17. The zero-order chi connectivity index (χ0) is 16.8. The Bertz CT molecular complexity index is 763. The lowest BCUT2D eigenvalue weighted by molar-refractivity contribution is -0.384. The van der Waals surface area contributed by atoms with Gasteiger partial charge < -0.3 is 10.1 Å². The van der Waals surface area contributed by atoms with E-state index in [1.54, 1.807) is 24.3 Å². The van der Waals surface area contributed by atoms with Gasteiger partial charge in [-0.05, 0) is 18.2 Å². The first-order valence-corrected chi connectivity index (χ1v) is 6.80. The summed E-state index contributed by atoms with van der Waals surface area (Å²) < 4.78 is 5.23. The van der Waals surface area contributed by atoms with E-state index in [1.807, 2.05) is 0 Å². The van der Waals surface area contributed by atoms with E-state index in [1.165, 1.54) is 12.1 Å². The fourth-order valence-corrected chi connectivity index (χ4v) is 1.95. The number of nitrogens with zero attached hydrogens (tertiary/aromatic N) is 1. The van der Waals surface area contributed by atoms with Crippen LogP contribution in [-0.2, 0) is 4.79 Å². The molecule has 0 bridgehead atoms. The van der Waals surface area contributed by atoms with Crippen molar-refractivity contribution in [2.24, 2.45) is 0 Å². The van der Waals surface area contributed by atoms with Gasteiger partial charge in [-0.2, -0.15) is 0 Å². The first-order chi connectivity index (χ1) is 11.0. The van der Waals surface area contributed by atoms with Gasteiger partial charge in [-0.3, -0.25) is 19.7 Å². The number of aldehydes is 1. The Labute approximate surface area is 136 Å². The van der Waals surface area contributed by atoms with E-state index in [4.69, 9.17) is 16.3 Å². The number of carbonyl (C=O) groups is 2. The minimum Gasteiger partial charge on any atom is -0.483 e. The molecule has 0 aliphatic carbocycles. The summed E-state index contributed by atoms with van der Waals surface area (Å²) in [6.07, 6.45) is 0.425. The molecule has 8 heteroatoms. The number of benzene rings is 2. The number of carbonyl (C=O) groups excluding carboxylic acids is 2. The molecule has 0 fully saturated rings. The zero-order valence-corrected chi connectivity index (χ0v) is 12.4. The summed E-state index contributed by atoms with van der Waals surface area (Å²) in [6.45, 7) is -0.371. The van der Waals surface area contributed by atoms with Gasteiger partial charge in [-0.25, -0.2) is 0 Å². The number of anilines is 1. The maximum absolute atomic E-state index is 11.8. The summed E-state index contributed by atoms with van der Waals surface area (Å²) in [5.74, 6) is -0.395. The summed E-state index contributed by atoms with van der Waals surface area (Å²) >= 11 is 5.91. The molecule has 0 aromatic heterocycles. The second-order valence-electron chi connectivity index (χ2n) is 4.41. The van der Waals surface area contributed by atoms with Crippen molar-refractivity contribution < 1.29 is 19.2 Å². The molecule has 7 nitrogen and oxygen atoms in total. The molecular formula is C15H11ClN2O5. The number of nitro benzene ring substituents is 1. The Hall–Kier alpha value is -2.93. The third kappa shape index (κ3) is 4.27. The molecule has 2 aromatic carbocycles. The topological polar surface area (TPSA) is 98.5 Å². The second-order valence-corrected chi connectivity index (χ2v) is 4.82. The molecule has 0 unspecified atom stereocenters. The number of ether oxygens (including phenoxy) is 1. The number of amides is 1. The highest BCUT2D eigenvalue weighted by atomic mass is 35.5. The number of nitrogens with one attached hydrogen (secondary N) is 1. The van der Waals surface area contributed by atoms with Crippen LogP contribution in [0.25, 0.3) is 0 Å². The smallest absolute Gasteiger partial charge is 0.270 e. The van der Waals surface area contributed by atoms with Crippen LogP contribution in [-0.4, -0.2) is 23.7 Å². The van der Waals surface area contributed by atoms with Crippen LogP contribution in [0, 0.1) is 10.1 Å². The molecule has 0 atom stereocenters. The lowest BCUT2D eigenvalue weighted by Gasteiger charge is -2.09. The Morgan fingerprint density at radius 1 is 1.30 bits per heavy atom. The molecule has 0 heterocycles. The van der Waals surface area contributed by atoms with E-state index in [2.05, 4.69) is 5.32 Å². The fourth-order valence-electron chi connectivity index (χ4n) is 1.77. The van der Waals surface area contributed by atoms with Crippen molar-refractivity contribution in [3.05, 3.63) is 63.2 Å². The van der Waals surface area contributed by atoms with E-state index in [0.29, 0.717) is 17.0 Å². The summed E-state index contributed by atoms with van der Waals surface area (Å²) in [4.78, 5) is 32.8. The normalized spacial score (nSPS) is 9.96. The van der Waals surface area contributed by atoms with E-state index in [-0.39, 0.29) is 23.6 Å². The summed E-state index contributed by atoms with van der Waals surface area (Å²) in [5.41, 5.74) is 0.187. The van der Waals surface area contributed by atoms with Gasteiger partial charge in [-0.1, -0.05) is 23.7 Å². The minimum atomic E-state index is -0.624. The molecule has 0 saturated heterocycles. The third-order valence-electron chi connectivity index (χ3n) is 2.84. The quantitative estimate of drug-likeness (QED) is 0.497. The molecule has 0 aliphatic heterocycles. The van der Waals surface area contributed by atoms with Gasteiger partial charge in [0.1, 0.15) is 5.75 Å². The summed E-state index contributed by atoms with van der Waals surface area (Å²) in [7, 11) is 0. The number of non-ortho nitro benzene ring substituents is 1. The van der Waals surface area contributed by atoms with Crippen LogP contribution in [0.3, 0.4) is 0 Å². The Balaban J connectivity index is 2.03. The standard InChI is InChI=1S/C15H11ClN2O5/c16-12-3-1-2-4-13(12)17-15(20)9-23-14-6-5-11(18(21)22)7-10(14)8-19/h1-8H,9H2,(H,17,20). The molecule has 118 valence electrons. The van der Waals surface area contributed by atoms with Crippen molar-refractivity contribution in [3.63, 3.8) is 0 Å². The van der Waals surface area contributed by atoms with Gasteiger partial charge in [0.05, 0.1) is 21.2 Å². The van der Waals surface area contributed by atoms with Gasteiger partial charge in [0.25, 0.3) is 11.6 Å². The average Bonchev–Trinajstić information content (AvgIpc) is 2.54. The van der Waals surface area contributed by atoms with Crippen LogP contribution in [0.1, 0.15) is 10.4 Å². The zero-order valence-electron chi connectivity index (χ0n) is 11.7. The van der Waals surface area contributed by atoms with E-state index < -0.39 is 10.8 Å². The number of hydrogen-bond donors (Lipinski definition) is 1. The van der Waals surface area contributed by atoms with E-state index in [9.17, 15) is 19.7 Å². The van der Waals surface area contributed by atoms with Gasteiger partial charge >= 0.3 is 0 Å². The van der Waals surface area contributed by atoms with Crippen molar-refractivity contribution in [1.82, 2.24) is 0 Å². The first kappa shape index (κ1) is 16.4. The van der Waals surface area contributed by atoms with Crippen molar-refractivity contribution >= 4 is 35.2 Å². The molecule has 23 heavy (non-hydrogen) atoms. The predicted octanol–water partition coefficient (Wildman–Crippen LogP) is 3.08. The van der Waals surface area contributed by atoms with Crippen LogP contribution in [0.15, 0.2) is 42.5 Å². The van der Waals surface area contributed by atoms with Crippen molar-refractivity contribution in [2.45, 2.75) is 0 Å². The highest BCUT2D eigenvalue weighted by Gasteiger charge is 2.13. The summed E-state index contributed by atoms with van der Waals surface area (Å²) in [6, 6.07) is 10.2. The SMILES string of the molecule is O=Cc1cc([N+](=O)[O-])ccc1OCC(=O)Nc1ccccc1Cl. The molecule has 1 amide bonds. The number of hydrogen-bond acceptors (Lipinski definition) is 5. The molecule has 0 radical (unpaired) electrons. The Morgan fingerprint density at radius 3 is 2.70 bits per heavy atom. The predicted molar refractivity (Wildman–Crippen MR) is 84.1 cm³/mol. The molecule has 0 aliphatic rings. The van der Waals surface area contributed by atoms with Crippen molar-refractivity contribution in [3.8, 4) is 5.75 Å². The number of halogens is 1. The fraction of sp³-hybridized carbons (Fsp3) is 0.0667. The van der Waals surface area contributed by atoms with Crippen molar-refractivity contribution in [1.29, 1.82) is 0 Å². The number of para-hydroxylation sites is 1. The van der Waals surface area contributed by atoms with Crippen LogP contribution in [0.5, 0.6) is 5.75 Å². The van der Waals surface area contributed by atoms with E-state index in [0.717, 1.165) is 6.07 Å². The van der Waals surface area contributed by atoms with Gasteiger partial charge in [0.15, 0.2) is 12.9 Å². The Kier molecular flexibility index (Phi) is 5.27. The average molecular weight is 335 g/mol. The second kappa shape index (κ2) is 7.37. The highest BCUT2D eigenvalue weighted by molar-refractivity contribution is 6.33. The number of rotatable bonds is 6. The maximum Gasteiger partial charge on any atom is 0.270 e. The molecule has 0 spiro atoms.